The second-order valence-corrected chi connectivity index (χ2v) is 6.00. The van der Waals surface area contributed by atoms with Gasteiger partial charge < -0.3 is 9.84 Å². The second-order valence-electron chi connectivity index (χ2n) is 6.00. The number of carboxylic acids is 1. The van der Waals surface area contributed by atoms with Gasteiger partial charge >= 0.3 is 11.9 Å². The van der Waals surface area contributed by atoms with Crippen molar-refractivity contribution in [3.05, 3.63) is 0 Å². The van der Waals surface area contributed by atoms with Crippen molar-refractivity contribution in [1.29, 1.82) is 0 Å². The average molecular weight is 254 g/mol. The van der Waals surface area contributed by atoms with Crippen molar-refractivity contribution in [1.82, 2.24) is 0 Å². The van der Waals surface area contributed by atoms with Gasteiger partial charge in [-0.25, -0.2) is 0 Å². The van der Waals surface area contributed by atoms with E-state index in [1.807, 2.05) is 0 Å². The number of fused-ring (bicyclic) bond motifs is 2. The molecule has 1 N–H and O–H groups in total. The van der Waals surface area contributed by atoms with E-state index in [1.54, 1.807) is 6.92 Å². The number of aliphatic carboxylic acids is 1. The molecule has 2 bridgehead atoms. The third-order valence-electron chi connectivity index (χ3n) is 4.75. The first kappa shape index (κ1) is 13.4. The Morgan fingerprint density at radius 1 is 1.33 bits per heavy atom. The number of hydrogen-bond donors (Lipinski definition) is 1. The topological polar surface area (TPSA) is 63.6 Å². The SMILES string of the molecule is CCOC(=O)C(C)(CC1CC2CCC1C2)C(=O)O. The van der Waals surface area contributed by atoms with Crippen molar-refractivity contribution in [2.24, 2.45) is 23.2 Å². The number of carbonyl (C=O) groups is 2. The fraction of sp³-hybridized carbons (Fsp3) is 0.857. The Hall–Kier alpha value is -1.06. The van der Waals surface area contributed by atoms with Crippen LogP contribution in [-0.2, 0) is 14.3 Å². The summed E-state index contributed by atoms with van der Waals surface area (Å²) in [5.74, 6) is 0.140. The predicted octanol–water partition coefficient (Wildman–Crippen LogP) is 2.47. The molecule has 4 atom stereocenters. The minimum atomic E-state index is -1.37. The third-order valence-corrected chi connectivity index (χ3v) is 4.75. The van der Waals surface area contributed by atoms with Crippen molar-refractivity contribution < 1.29 is 19.4 Å². The standard InChI is InChI=1S/C14H22O4/c1-3-18-13(17)14(2,12(15)16)8-11-7-9-4-5-10(11)6-9/h9-11H,3-8H2,1-2H3,(H,15,16). The van der Waals surface area contributed by atoms with Crippen LogP contribution in [0.15, 0.2) is 0 Å². The lowest BCUT2D eigenvalue weighted by atomic mass is 9.75. The molecule has 2 saturated carbocycles. The predicted molar refractivity (Wildman–Crippen MR) is 65.9 cm³/mol. The summed E-state index contributed by atoms with van der Waals surface area (Å²) in [7, 11) is 0. The van der Waals surface area contributed by atoms with E-state index in [4.69, 9.17) is 4.74 Å². The van der Waals surface area contributed by atoms with Crippen LogP contribution in [0, 0.1) is 23.2 Å². The molecule has 0 amide bonds. The Labute approximate surface area is 108 Å². The van der Waals surface area contributed by atoms with E-state index in [9.17, 15) is 14.7 Å². The molecule has 4 heteroatoms. The van der Waals surface area contributed by atoms with Gasteiger partial charge in [-0.1, -0.05) is 6.42 Å². The summed E-state index contributed by atoms with van der Waals surface area (Å²) in [5.41, 5.74) is -1.37. The van der Waals surface area contributed by atoms with E-state index in [0.29, 0.717) is 18.3 Å². The van der Waals surface area contributed by atoms with Gasteiger partial charge in [-0.15, -0.1) is 0 Å². The fourth-order valence-corrected chi connectivity index (χ4v) is 3.70. The first-order chi connectivity index (χ1) is 8.47. The molecule has 0 saturated heterocycles. The van der Waals surface area contributed by atoms with E-state index >= 15 is 0 Å². The highest BCUT2D eigenvalue weighted by atomic mass is 16.5. The average Bonchev–Trinajstić information content (AvgIpc) is 2.90. The number of carboxylic acid groups (broad SMARTS) is 1. The molecule has 4 unspecified atom stereocenters. The molecule has 4 nitrogen and oxygen atoms in total. The number of esters is 1. The van der Waals surface area contributed by atoms with E-state index in [-0.39, 0.29) is 6.61 Å². The summed E-state index contributed by atoms with van der Waals surface area (Å²) in [6.07, 6.45) is 5.23. The maximum absolute atomic E-state index is 11.9. The van der Waals surface area contributed by atoms with Crippen molar-refractivity contribution >= 4 is 11.9 Å². The molecule has 0 aliphatic heterocycles. The molecule has 0 aromatic carbocycles. The monoisotopic (exact) mass is 254 g/mol. The summed E-state index contributed by atoms with van der Waals surface area (Å²) < 4.78 is 4.94. The minimum Gasteiger partial charge on any atom is -0.480 e. The van der Waals surface area contributed by atoms with Crippen LogP contribution in [0.5, 0.6) is 0 Å². The quantitative estimate of drug-likeness (QED) is 0.604. The third kappa shape index (κ3) is 2.25. The van der Waals surface area contributed by atoms with Crippen LogP contribution >= 0.6 is 0 Å². The highest BCUT2D eigenvalue weighted by molar-refractivity contribution is 5.98. The molecule has 0 aromatic rings. The van der Waals surface area contributed by atoms with E-state index in [2.05, 4.69) is 0 Å². The summed E-state index contributed by atoms with van der Waals surface area (Å²) in [5, 5.41) is 9.36. The largest absolute Gasteiger partial charge is 0.480 e. The Kier molecular flexibility index (Phi) is 3.64. The minimum absolute atomic E-state index is 0.235. The highest BCUT2D eigenvalue weighted by Crippen LogP contribution is 2.52. The zero-order valence-corrected chi connectivity index (χ0v) is 11.1. The van der Waals surface area contributed by atoms with Gasteiger partial charge in [0.15, 0.2) is 5.41 Å². The van der Waals surface area contributed by atoms with Gasteiger partial charge in [0.2, 0.25) is 0 Å². The first-order valence-corrected chi connectivity index (χ1v) is 6.88. The molecule has 18 heavy (non-hydrogen) atoms. The summed E-state index contributed by atoms with van der Waals surface area (Å²) in [4.78, 5) is 23.3. The molecular weight excluding hydrogens is 232 g/mol. The number of ether oxygens (including phenoxy) is 1. The lowest BCUT2D eigenvalue weighted by Crippen LogP contribution is -2.40. The Morgan fingerprint density at radius 2 is 2.06 bits per heavy atom. The van der Waals surface area contributed by atoms with E-state index < -0.39 is 17.4 Å². The van der Waals surface area contributed by atoms with E-state index in [1.165, 1.54) is 26.2 Å². The molecule has 2 aliphatic carbocycles. The number of hydrogen-bond acceptors (Lipinski definition) is 3. The number of rotatable bonds is 5. The van der Waals surface area contributed by atoms with Crippen LogP contribution in [0.25, 0.3) is 0 Å². The fourth-order valence-electron chi connectivity index (χ4n) is 3.70. The number of carbonyl (C=O) groups excluding carboxylic acids is 1. The summed E-state index contributed by atoms with van der Waals surface area (Å²) in [6, 6.07) is 0. The van der Waals surface area contributed by atoms with Crippen molar-refractivity contribution in [2.75, 3.05) is 6.61 Å². The van der Waals surface area contributed by atoms with E-state index in [0.717, 1.165) is 12.3 Å². The van der Waals surface area contributed by atoms with Crippen LogP contribution in [0.2, 0.25) is 0 Å². The van der Waals surface area contributed by atoms with Gasteiger partial charge in [-0.05, 0) is 57.3 Å². The summed E-state index contributed by atoms with van der Waals surface area (Å²) >= 11 is 0. The Bertz CT molecular complexity index is 352. The normalized spacial score (nSPS) is 33.1. The molecule has 0 radical (unpaired) electrons. The van der Waals surface area contributed by atoms with Crippen LogP contribution in [-0.4, -0.2) is 23.7 Å². The van der Waals surface area contributed by atoms with Crippen molar-refractivity contribution in [3.8, 4) is 0 Å². The van der Waals surface area contributed by atoms with Gasteiger partial charge in [0.25, 0.3) is 0 Å². The van der Waals surface area contributed by atoms with Crippen LogP contribution in [0.1, 0.15) is 46.0 Å². The molecule has 2 rings (SSSR count). The maximum atomic E-state index is 11.9. The zero-order chi connectivity index (χ0) is 13.3. The molecular formula is C14H22O4. The highest BCUT2D eigenvalue weighted by Gasteiger charge is 2.49. The Balaban J connectivity index is 2.06. The maximum Gasteiger partial charge on any atom is 0.323 e. The van der Waals surface area contributed by atoms with Crippen molar-refractivity contribution in [3.63, 3.8) is 0 Å². The smallest absolute Gasteiger partial charge is 0.323 e. The zero-order valence-electron chi connectivity index (χ0n) is 11.1. The lowest BCUT2D eigenvalue weighted by Gasteiger charge is -2.30. The molecule has 0 aromatic heterocycles. The van der Waals surface area contributed by atoms with Gasteiger partial charge in [0, 0.05) is 0 Å². The first-order valence-electron chi connectivity index (χ1n) is 6.88. The summed E-state index contributed by atoms with van der Waals surface area (Å²) in [6.45, 7) is 3.45. The molecule has 102 valence electrons. The van der Waals surface area contributed by atoms with Gasteiger partial charge in [0.1, 0.15) is 0 Å². The van der Waals surface area contributed by atoms with Crippen LogP contribution < -0.4 is 0 Å². The second kappa shape index (κ2) is 4.90. The van der Waals surface area contributed by atoms with Gasteiger partial charge in [-0.3, -0.25) is 9.59 Å². The van der Waals surface area contributed by atoms with Crippen molar-refractivity contribution in [2.45, 2.75) is 46.0 Å². The lowest BCUT2D eigenvalue weighted by molar-refractivity contribution is -0.169. The van der Waals surface area contributed by atoms with Gasteiger partial charge in [0.05, 0.1) is 6.61 Å². The van der Waals surface area contributed by atoms with Gasteiger partial charge in [-0.2, -0.15) is 0 Å². The molecule has 2 aliphatic rings. The molecule has 0 spiro atoms. The van der Waals surface area contributed by atoms with Crippen LogP contribution in [0.3, 0.4) is 0 Å². The Morgan fingerprint density at radius 3 is 2.50 bits per heavy atom. The molecule has 2 fully saturated rings. The molecule has 0 heterocycles. The van der Waals surface area contributed by atoms with Crippen LogP contribution in [0.4, 0.5) is 0 Å².